The number of hydrogen-bond donors (Lipinski definition) is 1. The third kappa shape index (κ3) is 4.31. The van der Waals surface area contributed by atoms with E-state index in [2.05, 4.69) is 15.2 Å². The Hall–Kier alpha value is -2.52. The first-order chi connectivity index (χ1) is 13.7. The third-order valence-corrected chi connectivity index (χ3v) is 5.98. The van der Waals surface area contributed by atoms with Gasteiger partial charge in [-0.15, -0.1) is 16.4 Å². The summed E-state index contributed by atoms with van der Waals surface area (Å²) in [5.74, 6) is 2.49. The molecule has 0 fully saturated rings. The maximum atomic E-state index is 12.6. The molecule has 1 N–H and O–H groups in total. The fourth-order valence-corrected chi connectivity index (χ4v) is 4.22. The highest BCUT2D eigenvalue weighted by atomic mass is 32.2. The summed E-state index contributed by atoms with van der Waals surface area (Å²) in [7, 11) is 0. The van der Waals surface area contributed by atoms with Crippen molar-refractivity contribution in [1.29, 1.82) is 0 Å². The van der Waals surface area contributed by atoms with E-state index in [9.17, 15) is 4.79 Å². The lowest BCUT2D eigenvalue weighted by Gasteiger charge is -2.30. The van der Waals surface area contributed by atoms with E-state index in [1.54, 1.807) is 16.2 Å². The number of carbonyl (C=O) groups excluding carboxylic acids is 1. The highest BCUT2D eigenvalue weighted by molar-refractivity contribution is 7.99. The number of nitrogens with zero attached hydrogens (tertiary/aromatic N) is 3. The molecule has 0 saturated carbocycles. The number of benzene rings is 1. The number of hydrogen-bond acceptors (Lipinski definition) is 7. The first kappa shape index (κ1) is 18.8. The Morgan fingerprint density at radius 2 is 2.18 bits per heavy atom. The van der Waals surface area contributed by atoms with Crippen molar-refractivity contribution in [2.45, 2.75) is 18.2 Å². The number of nitrogens with one attached hydrogen (secondary N) is 1. The molecule has 0 saturated heterocycles. The van der Waals surface area contributed by atoms with Crippen molar-refractivity contribution in [2.75, 3.05) is 25.4 Å². The van der Waals surface area contributed by atoms with Gasteiger partial charge in [0, 0.05) is 6.54 Å². The highest BCUT2D eigenvalue weighted by Gasteiger charge is 2.25. The first-order valence-electron chi connectivity index (χ1n) is 8.98. The van der Waals surface area contributed by atoms with E-state index in [-0.39, 0.29) is 17.8 Å². The number of aromatic nitrogens is 3. The van der Waals surface area contributed by atoms with Crippen LogP contribution in [0.25, 0.3) is 10.7 Å². The van der Waals surface area contributed by atoms with Crippen molar-refractivity contribution in [3.05, 3.63) is 41.8 Å². The van der Waals surface area contributed by atoms with E-state index < -0.39 is 0 Å². The summed E-state index contributed by atoms with van der Waals surface area (Å²) in [6.45, 7) is 3.48. The van der Waals surface area contributed by atoms with Crippen molar-refractivity contribution in [1.82, 2.24) is 20.1 Å². The van der Waals surface area contributed by atoms with Crippen molar-refractivity contribution < 1.29 is 14.3 Å². The molecule has 146 valence electrons. The van der Waals surface area contributed by atoms with Gasteiger partial charge < -0.3 is 14.4 Å². The molecule has 1 amide bonds. The van der Waals surface area contributed by atoms with Crippen LogP contribution in [0.2, 0.25) is 0 Å². The van der Waals surface area contributed by atoms with Crippen LogP contribution in [-0.4, -0.2) is 57.5 Å². The van der Waals surface area contributed by atoms with Gasteiger partial charge in [0.15, 0.2) is 23.4 Å². The molecule has 9 heteroatoms. The molecule has 0 spiro atoms. The largest absolute Gasteiger partial charge is 0.486 e. The molecule has 0 bridgehead atoms. The van der Waals surface area contributed by atoms with Gasteiger partial charge in [-0.25, -0.2) is 4.98 Å². The van der Waals surface area contributed by atoms with Gasteiger partial charge in [0.2, 0.25) is 11.1 Å². The number of aromatic amines is 1. The highest BCUT2D eigenvalue weighted by Crippen LogP contribution is 2.31. The zero-order valence-corrected chi connectivity index (χ0v) is 17.0. The molecule has 4 rings (SSSR count). The molecule has 1 aromatic carbocycles. The minimum Gasteiger partial charge on any atom is -0.486 e. The Kier molecular flexibility index (Phi) is 5.82. The van der Waals surface area contributed by atoms with Crippen LogP contribution in [0.15, 0.2) is 46.9 Å². The number of likely N-dealkylation sites (N-methyl/N-ethyl adjacent to an activating group) is 1. The second kappa shape index (κ2) is 8.66. The fraction of sp³-hybridized carbons (Fsp3) is 0.316. The number of thioether (sulfide) groups is 1. The topological polar surface area (TPSA) is 80.3 Å². The smallest absolute Gasteiger partial charge is 0.233 e. The Bertz CT molecular complexity index is 929. The van der Waals surface area contributed by atoms with Crippen LogP contribution in [-0.2, 0) is 4.79 Å². The molecule has 2 aromatic heterocycles. The molecular weight excluding hydrogens is 396 g/mol. The molecule has 1 aliphatic heterocycles. The van der Waals surface area contributed by atoms with Crippen LogP contribution in [0.3, 0.4) is 0 Å². The minimum atomic E-state index is -0.183. The van der Waals surface area contributed by atoms with E-state index in [4.69, 9.17) is 9.47 Å². The number of para-hydroxylation sites is 2. The van der Waals surface area contributed by atoms with Gasteiger partial charge in [-0.2, -0.15) is 0 Å². The lowest BCUT2D eigenvalue weighted by atomic mass is 10.2. The Labute approximate surface area is 171 Å². The number of amides is 1. The van der Waals surface area contributed by atoms with Crippen molar-refractivity contribution in [3.63, 3.8) is 0 Å². The normalized spacial score (nSPS) is 15.4. The molecule has 1 aliphatic rings. The molecule has 0 aliphatic carbocycles. The van der Waals surface area contributed by atoms with Crippen molar-refractivity contribution in [2.24, 2.45) is 0 Å². The standard InChI is InChI=1S/C19H20N4O3S2/c1-2-23(10-13-11-25-14-6-3-4-7-15(14)26-13)17(24)12-28-19-20-18(21-22-19)16-8-5-9-27-16/h3-9,13H,2,10-12H2,1H3,(H,20,21,22). The summed E-state index contributed by atoms with van der Waals surface area (Å²) in [5, 5.41) is 9.66. The third-order valence-electron chi connectivity index (χ3n) is 4.27. The van der Waals surface area contributed by atoms with Gasteiger partial charge in [-0.3, -0.25) is 9.89 Å². The van der Waals surface area contributed by atoms with Crippen LogP contribution in [0.4, 0.5) is 0 Å². The first-order valence-corrected chi connectivity index (χ1v) is 10.8. The zero-order valence-electron chi connectivity index (χ0n) is 15.3. The molecule has 0 radical (unpaired) electrons. The van der Waals surface area contributed by atoms with Gasteiger partial charge in [0.1, 0.15) is 6.61 Å². The van der Waals surface area contributed by atoms with Crippen LogP contribution in [0.1, 0.15) is 6.92 Å². The lowest BCUT2D eigenvalue weighted by Crippen LogP contribution is -2.44. The Morgan fingerprint density at radius 3 is 2.96 bits per heavy atom. The fourth-order valence-electron chi connectivity index (χ4n) is 2.86. The van der Waals surface area contributed by atoms with E-state index in [0.717, 1.165) is 22.2 Å². The van der Waals surface area contributed by atoms with Crippen LogP contribution < -0.4 is 9.47 Å². The Balaban J connectivity index is 1.31. The summed E-state index contributed by atoms with van der Waals surface area (Å²) in [6.07, 6.45) is -0.183. The Morgan fingerprint density at radius 1 is 1.32 bits per heavy atom. The molecule has 7 nitrogen and oxygen atoms in total. The zero-order chi connectivity index (χ0) is 19.3. The number of carbonyl (C=O) groups is 1. The SMILES string of the molecule is CCN(CC1COc2ccccc2O1)C(=O)CSc1n[nH]c(-c2cccs2)n1. The number of rotatable bonds is 7. The lowest BCUT2D eigenvalue weighted by molar-refractivity contribution is -0.129. The summed E-state index contributed by atoms with van der Waals surface area (Å²) in [6, 6.07) is 11.5. The minimum absolute atomic E-state index is 0.0254. The molecule has 3 heterocycles. The second-order valence-corrected chi connectivity index (χ2v) is 8.05. The maximum absolute atomic E-state index is 12.6. The average Bonchev–Trinajstić information content (AvgIpc) is 3.41. The number of H-pyrrole nitrogens is 1. The predicted molar refractivity (Wildman–Crippen MR) is 109 cm³/mol. The van der Waals surface area contributed by atoms with E-state index in [1.807, 2.05) is 48.7 Å². The summed E-state index contributed by atoms with van der Waals surface area (Å²) in [5.41, 5.74) is 0. The number of thiophene rings is 1. The number of ether oxygens (including phenoxy) is 2. The predicted octanol–water partition coefficient (Wildman–Crippen LogP) is 3.31. The molecule has 28 heavy (non-hydrogen) atoms. The maximum Gasteiger partial charge on any atom is 0.233 e. The van der Waals surface area contributed by atoms with Crippen molar-refractivity contribution >= 4 is 29.0 Å². The van der Waals surface area contributed by atoms with Crippen LogP contribution in [0, 0.1) is 0 Å². The summed E-state index contributed by atoms with van der Waals surface area (Å²) in [4.78, 5) is 19.9. The quantitative estimate of drug-likeness (QED) is 0.595. The van der Waals surface area contributed by atoms with Crippen LogP contribution >= 0.6 is 23.1 Å². The molecule has 3 aromatic rings. The molecule has 1 unspecified atom stereocenters. The van der Waals surface area contributed by atoms with E-state index in [1.165, 1.54) is 11.8 Å². The second-order valence-electron chi connectivity index (χ2n) is 6.16. The van der Waals surface area contributed by atoms with Crippen molar-refractivity contribution in [3.8, 4) is 22.2 Å². The van der Waals surface area contributed by atoms with E-state index >= 15 is 0 Å². The van der Waals surface area contributed by atoms with Gasteiger partial charge in [-0.1, -0.05) is 30.0 Å². The van der Waals surface area contributed by atoms with Gasteiger partial charge >= 0.3 is 0 Å². The monoisotopic (exact) mass is 416 g/mol. The van der Waals surface area contributed by atoms with E-state index in [0.29, 0.717) is 24.9 Å². The van der Waals surface area contributed by atoms with Gasteiger partial charge in [0.05, 0.1) is 17.2 Å². The van der Waals surface area contributed by atoms with Gasteiger partial charge in [0.25, 0.3) is 0 Å². The number of fused-ring (bicyclic) bond motifs is 1. The van der Waals surface area contributed by atoms with Gasteiger partial charge in [-0.05, 0) is 30.5 Å². The molecule has 1 atom stereocenters. The molecular formula is C19H20N4O3S2. The van der Waals surface area contributed by atoms with Crippen LogP contribution in [0.5, 0.6) is 11.5 Å². The summed E-state index contributed by atoms with van der Waals surface area (Å²) < 4.78 is 11.7. The summed E-state index contributed by atoms with van der Waals surface area (Å²) >= 11 is 2.92. The average molecular weight is 417 g/mol.